The van der Waals surface area contributed by atoms with Crippen LogP contribution >= 0.6 is 23.2 Å². The molecule has 1 atom stereocenters. The number of aromatic nitrogens is 1. The van der Waals surface area contributed by atoms with E-state index in [9.17, 15) is 9.59 Å². The lowest BCUT2D eigenvalue weighted by atomic mass is 10.0. The number of rotatable bonds is 7. The third-order valence-corrected chi connectivity index (χ3v) is 4.82. The van der Waals surface area contributed by atoms with Crippen LogP contribution in [0.2, 0.25) is 10.0 Å². The topological polar surface area (TPSA) is 118 Å². The quantitative estimate of drug-likeness (QED) is 0.515. The summed E-state index contributed by atoms with van der Waals surface area (Å²) < 4.78 is 11.7. The van der Waals surface area contributed by atoms with Gasteiger partial charge in [0.1, 0.15) is 5.75 Å². The molecule has 0 bridgehead atoms. The van der Waals surface area contributed by atoms with Crippen LogP contribution in [-0.2, 0) is 9.59 Å². The second-order valence-corrected chi connectivity index (χ2v) is 7.33. The standard InChI is InChI=1S/C17H18Cl2N2O2.C4H4O4/c18-14-6-5-13(9-15(14)19)23-17-16(4-2-8-21-17)22-11-12-3-1-7-20-10-12;5-3(6)1-2-4(7)8/h2,4-6,8-9,12,20H,1,3,7,10-11H2;1-2H,(H,5,6)(H,7,8)/b;2-1+/t12-;/m0./s1. The second-order valence-electron chi connectivity index (χ2n) is 6.52. The first kappa shape index (κ1) is 24.5. The molecule has 1 aromatic carbocycles. The van der Waals surface area contributed by atoms with Crippen molar-refractivity contribution in [2.45, 2.75) is 12.8 Å². The molecule has 2 aromatic rings. The first-order valence-electron chi connectivity index (χ1n) is 9.40. The van der Waals surface area contributed by atoms with E-state index in [1.165, 1.54) is 12.8 Å². The van der Waals surface area contributed by atoms with E-state index in [0.717, 1.165) is 13.1 Å². The number of carboxylic acids is 2. The minimum absolute atomic E-state index is 0.426. The highest BCUT2D eigenvalue weighted by atomic mass is 35.5. The summed E-state index contributed by atoms with van der Waals surface area (Å²) in [5.74, 6) is -0.373. The number of hydrogen-bond acceptors (Lipinski definition) is 6. The Kier molecular flexibility index (Phi) is 10.1. The van der Waals surface area contributed by atoms with E-state index in [1.54, 1.807) is 24.4 Å². The molecular formula is C21H22Cl2N2O6. The van der Waals surface area contributed by atoms with Crippen LogP contribution in [0.4, 0.5) is 0 Å². The van der Waals surface area contributed by atoms with Crippen molar-refractivity contribution in [3.63, 3.8) is 0 Å². The molecule has 3 rings (SSSR count). The van der Waals surface area contributed by atoms with Gasteiger partial charge in [0.15, 0.2) is 5.75 Å². The van der Waals surface area contributed by atoms with Gasteiger partial charge >= 0.3 is 11.9 Å². The molecule has 0 radical (unpaired) electrons. The van der Waals surface area contributed by atoms with Gasteiger partial charge in [-0.3, -0.25) is 0 Å². The maximum Gasteiger partial charge on any atom is 0.328 e. The van der Waals surface area contributed by atoms with Crippen molar-refractivity contribution < 1.29 is 29.3 Å². The van der Waals surface area contributed by atoms with Crippen LogP contribution in [0.5, 0.6) is 17.4 Å². The highest BCUT2D eigenvalue weighted by Gasteiger charge is 2.15. The highest BCUT2D eigenvalue weighted by molar-refractivity contribution is 6.42. The molecule has 31 heavy (non-hydrogen) atoms. The van der Waals surface area contributed by atoms with Crippen LogP contribution < -0.4 is 14.8 Å². The fraction of sp³-hybridized carbons (Fsp3) is 0.286. The Bertz CT molecular complexity index is 900. The Morgan fingerprint density at radius 1 is 1.16 bits per heavy atom. The van der Waals surface area contributed by atoms with Crippen LogP contribution in [-0.4, -0.2) is 46.8 Å². The van der Waals surface area contributed by atoms with Crippen molar-refractivity contribution >= 4 is 35.1 Å². The number of ether oxygens (including phenoxy) is 2. The summed E-state index contributed by atoms with van der Waals surface area (Å²) in [4.78, 5) is 23.4. The summed E-state index contributed by atoms with van der Waals surface area (Å²) >= 11 is 11.9. The molecule has 1 saturated heterocycles. The number of pyridine rings is 1. The summed E-state index contributed by atoms with van der Waals surface area (Å²) in [6, 6.07) is 8.79. The van der Waals surface area contributed by atoms with E-state index in [2.05, 4.69) is 10.3 Å². The van der Waals surface area contributed by atoms with Crippen molar-refractivity contribution in [3.8, 4) is 17.4 Å². The molecule has 8 nitrogen and oxygen atoms in total. The third kappa shape index (κ3) is 9.25. The zero-order chi connectivity index (χ0) is 22.6. The fourth-order valence-electron chi connectivity index (χ4n) is 2.63. The van der Waals surface area contributed by atoms with E-state index < -0.39 is 11.9 Å². The molecule has 0 aliphatic carbocycles. The summed E-state index contributed by atoms with van der Waals surface area (Å²) in [6.07, 6.45) is 5.15. The zero-order valence-corrected chi connectivity index (χ0v) is 18.0. The van der Waals surface area contributed by atoms with Crippen LogP contribution in [0.3, 0.4) is 0 Å². The number of carboxylic acid groups (broad SMARTS) is 2. The van der Waals surface area contributed by atoms with Crippen molar-refractivity contribution in [1.29, 1.82) is 0 Å². The molecule has 1 aromatic heterocycles. The predicted octanol–water partition coefficient (Wildman–Crippen LogP) is 4.27. The zero-order valence-electron chi connectivity index (χ0n) is 16.5. The minimum atomic E-state index is -1.26. The Balaban J connectivity index is 0.000000366. The van der Waals surface area contributed by atoms with Crippen LogP contribution in [0.25, 0.3) is 0 Å². The fourth-order valence-corrected chi connectivity index (χ4v) is 2.92. The molecule has 3 N–H and O–H groups in total. The molecule has 0 saturated carbocycles. The maximum absolute atomic E-state index is 9.55. The highest BCUT2D eigenvalue weighted by Crippen LogP contribution is 2.32. The molecule has 166 valence electrons. The lowest BCUT2D eigenvalue weighted by Crippen LogP contribution is -2.33. The Labute approximate surface area is 189 Å². The number of nitrogens with one attached hydrogen (secondary N) is 1. The Morgan fingerprint density at radius 2 is 1.90 bits per heavy atom. The van der Waals surface area contributed by atoms with Gasteiger partial charge in [0.25, 0.3) is 5.88 Å². The van der Waals surface area contributed by atoms with Gasteiger partial charge in [0, 0.05) is 36.9 Å². The molecule has 1 fully saturated rings. The van der Waals surface area contributed by atoms with Crippen molar-refractivity contribution in [2.24, 2.45) is 5.92 Å². The van der Waals surface area contributed by atoms with Crippen LogP contribution in [0, 0.1) is 5.92 Å². The molecular weight excluding hydrogens is 447 g/mol. The number of piperidine rings is 1. The van der Waals surface area contributed by atoms with Crippen molar-refractivity contribution in [2.75, 3.05) is 19.7 Å². The molecule has 0 spiro atoms. The van der Waals surface area contributed by atoms with Gasteiger partial charge in [-0.25, -0.2) is 14.6 Å². The normalized spacial score (nSPS) is 15.6. The van der Waals surface area contributed by atoms with Gasteiger partial charge in [0.05, 0.1) is 16.7 Å². The van der Waals surface area contributed by atoms with Crippen LogP contribution in [0.1, 0.15) is 12.8 Å². The first-order valence-corrected chi connectivity index (χ1v) is 10.2. The average molecular weight is 469 g/mol. The molecule has 1 aliphatic rings. The first-order chi connectivity index (χ1) is 14.8. The SMILES string of the molecule is Clc1ccc(Oc2ncccc2OC[C@H]2CCCNC2)cc1Cl.O=C(O)/C=C/C(=O)O. The molecule has 1 aliphatic heterocycles. The number of halogens is 2. The lowest BCUT2D eigenvalue weighted by Gasteiger charge is -2.23. The number of benzene rings is 1. The van der Waals surface area contributed by atoms with E-state index >= 15 is 0 Å². The number of hydrogen-bond donors (Lipinski definition) is 3. The number of aliphatic carboxylic acids is 2. The van der Waals surface area contributed by atoms with E-state index in [4.69, 9.17) is 42.9 Å². The Hall–Kier alpha value is -2.81. The van der Waals surface area contributed by atoms with Gasteiger partial charge in [-0.1, -0.05) is 23.2 Å². The van der Waals surface area contributed by atoms with Crippen molar-refractivity contribution in [1.82, 2.24) is 10.3 Å². The molecule has 0 unspecified atom stereocenters. The monoisotopic (exact) mass is 468 g/mol. The largest absolute Gasteiger partial charge is 0.488 e. The van der Waals surface area contributed by atoms with Crippen molar-refractivity contribution in [3.05, 3.63) is 58.7 Å². The maximum atomic E-state index is 9.55. The molecule has 10 heteroatoms. The molecule has 0 amide bonds. The smallest absolute Gasteiger partial charge is 0.328 e. The second kappa shape index (κ2) is 12.8. The summed E-state index contributed by atoms with van der Waals surface area (Å²) in [5.41, 5.74) is 0. The summed E-state index contributed by atoms with van der Waals surface area (Å²) in [6.45, 7) is 2.73. The Morgan fingerprint density at radius 3 is 2.52 bits per heavy atom. The predicted molar refractivity (Wildman–Crippen MR) is 116 cm³/mol. The van der Waals surface area contributed by atoms with E-state index in [0.29, 0.717) is 52.1 Å². The van der Waals surface area contributed by atoms with Gasteiger partial charge in [-0.05, 0) is 43.7 Å². The molecule has 2 heterocycles. The minimum Gasteiger partial charge on any atom is -0.488 e. The van der Waals surface area contributed by atoms with Crippen LogP contribution in [0.15, 0.2) is 48.7 Å². The van der Waals surface area contributed by atoms with Gasteiger partial charge in [-0.2, -0.15) is 0 Å². The van der Waals surface area contributed by atoms with E-state index in [-0.39, 0.29) is 0 Å². The van der Waals surface area contributed by atoms with Gasteiger partial charge < -0.3 is 25.0 Å². The summed E-state index contributed by atoms with van der Waals surface area (Å²) in [5, 5.41) is 19.9. The summed E-state index contributed by atoms with van der Waals surface area (Å²) in [7, 11) is 0. The number of carbonyl (C=O) groups is 2. The van der Waals surface area contributed by atoms with Gasteiger partial charge in [-0.15, -0.1) is 0 Å². The lowest BCUT2D eigenvalue weighted by molar-refractivity contribution is -0.134. The van der Waals surface area contributed by atoms with Gasteiger partial charge in [0.2, 0.25) is 0 Å². The third-order valence-electron chi connectivity index (χ3n) is 4.08. The average Bonchev–Trinajstić information content (AvgIpc) is 2.75. The number of nitrogens with zero attached hydrogens (tertiary/aromatic N) is 1. The van der Waals surface area contributed by atoms with E-state index in [1.807, 2.05) is 12.1 Å².